The summed E-state index contributed by atoms with van der Waals surface area (Å²) < 4.78 is 39.1. The SMILES string of the molecule is N#CCc1c(C(F)(F)F)ccnc1-c1ccc(Cl)cc1Cl. The molecular weight excluding hydrogens is 324 g/mol. The Hall–Kier alpha value is -1.77. The van der Waals surface area contributed by atoms with Crippen molar-refractivity contribution < 1.29 is 13.2 Å². The second kappa shape index (κ2) is 5.92. The van der Waals surface area contributed by atoms with Gasteiger partial charge in [0.1, 0.15) is 0 Å². The first kappa shape index (κ1) is 15.6. The molecule has 1 heterocycles. The van der Waals surface area contributed by atoms with Crippen LogP contribution in [0.15, 0.2) is 30.5 Å². The van der Waals surface area contributed by atoms with E-state index in [1.807, 2.05) is 0 Å². The van der Waals surface area contributed by atoms with Crippen molar-refractivity contribution in [3.8, 4) is 17.3 Å². The van der Waals surface area contributed by atoms with E-state index in [1.165, 1.54) is 18.2 Å². The second-order valence-electron chi connectivity index (χ2n) is 4.14. The lowest BCUT2D eigenvalue weighted by Gasteiger charge is -2.15. The third-order valence-electron chi connectivity index (χ3n) is 2.80. The minimum atomic E-state index is -4.57. The highest BCUT2D eigenvalue weighted by Gasteiger charge is 2.34. The van der Waals surface area contributed by atoms with Gasteiger partial charge in [-0.3, -0.25) is 4.98 Å². The summed E-state index contributed by atoms with van der Waals surface area (Å²) in [6, 6.07) is 6.97. The third-order valence-corrected chi connectivity index (χ3v) is 3.35. The maximum atomic E-state index is 13.0. The quantitative estimate of drug-likeness (QED) is 0.764. The first-order chi connectivity index (χ1) is 9.84. The van der Waals surface area contributed by atoms with Crippen molar-refractivity contribution in [2.75, 3.05) is 0 Å². The van der Waals surface area contributed by atoms with Gasteiger partial charge in [0, 0.05) is 22.3 Å². The van der Waals surface area contributed by atoms with Gasteiger partial charge in [0.05, 0.1) is 28.8 Å². The number of alkyl halides is 3. The van der Waals surface area contributed by atoms with Gasteiger partial charge in [0.25, 0.3) is 0 Å². The first-order valence-corrected chi connectivity index (χ1v) is 6.47. The molecule has 0 saturated heterocycles. The first-order valence-electron chi connectivity index (χ1n) is 5.72. The molecule has 0 unspecified atom stereocenters. The molecule has 0 fully saturated rings. The van der Waals surface area contributed by atoms with Crippen molar-refractivity contribution >= 4 is 23.2 Å². The minimum absolute atomic E-state index is 0.0352. The van der Waals surface area contributed by atoms with Crippen LogP contribution in [0.3, 0.4) is 0 Å². The summed E-state index contributed by atoms with van der Waals surface area (Å²) >= 11 is 11.8. The zero-order chi connectivity index (χ0) is 15.6. The van der Waals surface area contributed by atoms with E-state index in [0.29, 0.717) is 10.6 Å². The fourth-order valence-corrected chi connectivity index (χ4v) is 2.43. The van der Waals surface area contributed by atoms with Gasteiger partial charge in [0.15, 0.2) is 0 Å². The Balaban J connectivity index is 2.72. The van der Waals surface area contributed by atoms with Crippen LogP contribution in [0.1, 0.15) is 11.1 Å². The summed E-state index contributed by atoms with van der Waals surface area (Å²) in [5.41, 5.74) is -0.748. The van der Waals surface area contributed by atoms with E-state index in [4.69, 9.17) is 28.5 Å². The minimum Gasteiger partial charge on any atom is -0.256 e. The number of nitriles is 1. The van der Waals surface area contributed by atoms with Crippen molar-refractivity contribution in [2.24, 2.45) is 0 Å². The molecule has 7 heteroatoms. The predicted octanol–water partition coefficient (Wildman–Crippen LogP) is 5.14. The van der Waals surface area contributed by atoms with Crippen molar-refractivity contribution in [1.29, 1.82) is 5.26 Å². The summed E-state index contributed by atoms with van der Waals surface area (Å²) in [4.78, 5) is 3.95. The third kappa shape index (κ3) is 3.29. The molecule has 2 rings (SSSR count). The summed E-state index contributed by atoms with van der Waals surface area (Å²) in [6.07, 6.45) is -3.94. The summed E-state index contributed by atoms with van der Waals surface area (Å²) in [5, 5.41) is 9.33. The largest absolute Gasteiger partial charge is 0.416 e. The predicted molar refractivity (Wildman–Crippen MR) is 74.0 cm³/mol. The molecule has 0 N–H and O–H groups in total. The maximum absolute atomic E-state index is 13.0. The van der Waals surface area contributed by atoms with E-state index >= 15 is 0 Å². The smallest absolute Gasteiger partial charge is 0.256 e. The van der Waals surface area contributed by atoms with Crippen LogP contribution in [0.2, 0.25) is 10.0 Å². The van der Waals surface area contributed by atoms with Gasteiger partial charge >= 0.3 is 6.18 Å². The molecular formula is C14H7Cl2F3N2. The summed E-state index contributed by atoms with van der Waals surface area (Å²) in [6.45, 7) is 0. The number of rotatable bonds is 2. The molecule has 0 atom stereocenters. The van der Waals surface area contributed by atoms with Crippen LogP contribution in [0.5, 0.6) is 0 Å². The number of aromatic nitrogens is 1. The molecule has 21 heavy (non-hydrogen) atoms. The topological polar surface area (TPSA) is 36.7 Å². The lowest BCUT2D eigenvalue weighted by molar-refractivity contribution is -0.138. The molecule has 0 aliphatic rings. The van der Waals surface area contributed by atoms with Crippen LogP contribution >= 0.6 is 23.2 Å². The number of hydrogen-bond donors (Lipinski definition) is 0. The van der Waals surface area contributed by atoms with Crippen molar-refractivity contribution in [3.63, 3.8) is 0 Å². The van der Waals surface area contributed by atoms with E-state index in [1.54, 1.807) is 6.07 Å². The molecule has 0 aliphatic heterocycles. The van der Waals surface area contributed by atoms with E-state index in [0.717, 1.165) is 12.3 Å². The highest BCUT2D eigenvalue weighted by molar-refractivity contribution is 6.36. The van der Waals surface area contributed by atoms with Crippen LogP contribution in [0.4, 0.5) is 13.2 Å². The van der Waals surface area contributed by atoms with Gasteiger partial charge in [-0.15, -0.1) is 0 Å². The fourth-order valence-electron chi connectivity index (χ4n) is 1.93. The molecule has 0 bridgehead atoms. The molecule has 1 aromatic heterocycles. The summed E-state index contributed by atoms with van der Waals surface area (Å²) in [7, 11) is 0. The van der Waals surface area contributed by atoms with Gasteiger partial charge in [-0.25, -0.2) is 0 Å². The molecule has 0 amide bonds. The van der Waals surface area contributed by atoms with Gasteiger partial charge in [0.2, 0.25) is 0 Å². The lowest BCUT2D eigenvalue weighted by atomic mass is 9.98. The zero-order valence-electron chi connectivity index (χ0n) is 10.4. The molecule has 2 nitrogen and oxygen atoms in total. The van der Waals surface area contributed by atoms with Gasteiger partial charge in [-0.1, -0.05) is 23.2 Å². The average molecular weight is 331 g/mol. The molecule has 0 aliphatic carbocycles. The van der Waals surface area contributed by atoms with E-state index in [9.17, 15) is 13.2 Å². The van der Waals surface area contributed by atoms with Crippen molar-refractivity contribution in [1.82, 2.24) is 4.98 Å². The van der Waals surface area contributed by atoms with Gasteiger partial charge in [-0.2, -0.15) is 18.4 Å². The molecule has 0 saturated carbocycles. The Morgan fingerprint density at radius 1 is 1.19 bits per heavy atom. The summed E-state index contributed by atoms with van der Waals surface area (Å²) in [5.74, 6) is 0. The maximum Gasteiger partial charge on any atom is 0.416 e. The Morgan fingerprint density at radius 2 is 1.90 bits per heavy atom. The number of halogens is 5. The molecule has 1 aromatic carbocycles. The van der Waals surface area contributed by atoms with Crippen LogP contribution in [0, 0.1) is 11.3 Å². The Labute approximate surface area is 128 Å². The Kier molecular flexibility index (Phi) is 4.40. The van der Waals surface area contributed by atoms with Crippen molar-refractivity contribution in [2.45, 2.75) is 12.6 Å². The van der Waals surface area contributed by atoms with E-state index < -0.39 is 18.2 Å². The van der Waals surface area contributed by atoms with E-state index in [-0.39, 0.29) is 16.3 Å². The fraction of sp³-hybridized carbons (Fsp3) is 0.143. The van der Waals surface area contributed by atoms with Gasteiger partial charge in [-0.05, 0) is 24.3 Å². The number of pyridine rings is 1. The molecule has 0 radical (unpaired) electrons. The highest BCUT2D eigenvalue weighted by Crippen LogP contribution is 2.38. The monoisotopic (exact) mass is 330 g/mol. The normalized spacial score (nSPS) is 11.2. The molecule has 108 valence electrons. The van der Waals surface area contributed by atoms with E-state index in [2.05, 4.69) is 4.98 Å². The number of hydrogen-bond acceptors (Lipinski definition) is 2. The zero-order valence-corrected chi connectivity index (χ0v) is 11.9. The van der Waals surface area contributed by atoms with Crippen LogP contribution in [-0.4, -0.2) is 4.98 Å². The average Bonchev–Trinajstić information content (AvgIpc) is 2.38. The molecule has 2 aromatic rings. The van der Waals surface area contributed by atoms with Gasteiger partial charge < -0.3 is 0 Å². The second-order valence-corrected chi connectivity index (χ2v) is 4.99. The number of nitrogens with zero attached hydrogens (tertiary/aromatic N) is 2. The lowest BCUT2D eigenvalue weighted by Crippen LogP contribution is -2.11. The molecule has 0 spiro atoms. The standard InChI is InChI=1S/C14H7Cl2F3N2/c15-8-1-2-10(12(16)7-8)13-9(3-5-20)11(4-6-21-13)14(17,18)19/h1-2,4,6-7H,3H2. The Morgan fingerprint density at radius 3 is 2.48 bits per heavy atom. The van der Waals surface area contributed by atoms with Crippen LogP contribution < -0.4 is 0 Å². The van der Waals surface area contributed by atoms with Crippen molar-refractivity contribution in [3.05, 3.63) is 51.6 Å². The highest BCUT2D eigenvalue weighted by atomic mass is 35.5. The van der Waals surface area contributed by atoms with Crippen LogP contribution in [0.25, 0.3) is 11.3 Å². The Bertz CT molecular complexity index is 721. The number of benzene rings is 1. The van der Waals surface area contributed by atoms with Crippen LogP contribution in [-0.2, 0) is 12.6 Å².